The molecule has 0 saturated heterocycles. The summed E-state index contributed by atoms with van der Waals surface area (Å²) in [6.07, 6.45) is 0. The van der Waals surface area contributed by atoms with Crippen LogP contribution < -0.4 is 116 Å². The van der Waals surface area contributed by atoms with Gasteiger partial charge in [-0.15, -0.1) is 0 Å². The molecular formula is C84H83N21O10. The minimum absolute atomic E-state index is 0.0196. The van der Waals surface area contributed by atoms with E-state index >= 15 is 9.59 Å². The van der Waals surface area contributed by atoms with Crippen LogP contribution in [-0.2, 0) is 10.8 Å². The van der Waals surface area contributed by atoms with Crippen molar-refractivity contribution in [2.75, 3.05) is 116 Å². The summed E-state index contributed by atoms with van der Waals surface area (Å²) in [5.74, 6) is -7.62. The van der Waals surface area contributed by atoms with Crippen LogP contribution in [0.3, 0.4) is 0 Å². The monoisotopic (exact) mass is 1550 g/mol. The zero-order chi connectivity index (χ0) is 83.2. The van der Waals surface area contributed by atoms with E-state index in [9.17, 15) is 38.4 Å². The van der Waals surface area contributed by atoms with Crippen LogP contribution in [-0.4, -0.2) is 59.1 Å². The van der Waals surface area contributed by atoms with Crippen molar-refractivity contribution in [2.24, 2.45) is 0 Å². The molecular weight excluding hydrogens is 1460 g/mol. The number of carbonyl (C=O) groups is 10. The zero-order valence-corrected chi connectivity index (χ0v) is 63.0. The third-order valence-corrected chi connectivity index (χ3v) is 17.4. The zero-order valence-electron chi connectivity index (χ0n) is 63.0. The predicted molar refractivity (Wildman–Crippen MR) is 456 cm³/mol. The van der Waals surface area contributed by atoms with Gasteiger partial charge in [0.2, 0.25) is 0 Å². The Hall–Kier alpha value is -16.1. The molecule has 0 unspecified atom stereocenters. The number of carbonyl (C=O) groups excluding carboxylic acids is 10. The molecule has 32 N–H and O–H groups in total. The van der Waals surface area contributed by atoms with Gasteiger partial charge in [0.25, 0.3) is 59.1 Å². The van der Waals surface area contributed by atoms with Gasteiger partial charge in [-0.25, -0.2) is 0 Å². The van der Waals surface area contributed by atoms with Gasteiger partial charge in [-0.1, -0.05) is 47.6 Å². The van der Waals surface area contributed by atoms with E-state index in [4.69, 9.17) is 63.1 Å². The summed E-state index contributed by atoms with van der Waals surface area (Å²) < 4.78 is 0. The quantitative estimate of drug-likeness (QED) is 0.0315. The smallest absolute Gasteiger partial charge is 0.255 e. The lowest BCUT2D eigenvalue weighted by Crippen LogP contribution is -2.20. The van der Waals surface area contributed by atoms with Crippen molar-refractivity contribution in [1.82, 2.24) is 0 Å². The van der Waals surface area contributed by atoms with Gasteiger partial charge in [0.15, 0.2) is 0 Å². The Kier molecular flexibility index (Phi) is 22.7. The van der Waals surface area contributed by atoms with E-state index in [0.29, 0.717) is 5.69 Å². The van der Waals surface area contributed by atoms with Gasteiger partial charge in [0, 0.05) is 175 Å². The SMILES string of the molecule is CC(C)(C)c1cc(NC(=O)c2cc(NC(=O)c3cc(N)cc(NC(=O)c4cc(N)cc(N)c4)c3)cc(NC(=O)c3cc(NC(=O)c4cc(N)cc(NC(=O)c5cc(N)cc(N)c5)c4)cc(NC(=O)c4cc(NC(=O)c5cc(N)cc(N)c5)cc(NC(=O)c5cc(N)cc(NC(=O)c6cc(N)cc(N)c6)c5)c4)c3)c2)cc(C(C)(C)C)c1. The lowest BCUT2D eigenvalue weighted by molar-refractivity contribution is 0.101. The van der Waals surface area contributed by atoms with Crippen LogP contribution in [0.2, 0.25) is 0 Å². The molecule has 31 heteroatoms. The van der Waals surface area contributed by atoms with Gasteiger partial charge in [-0.3, -0.25) is 47.9 Å². The molecule has 11 aromatic rings. The molecule has 31 nitrogen and oxygen atoms in total. The normalized spacial score (nSPS) is 11.1. The number of nitrogens with one attached hydrogen (secondary N) is 10. The number of nitrogen functional groups attached to an aromatic ring is 11. The largest absolute Gasteiger partial charge is 0.399 e. The van der Waals surface area contributed by atoms with E-state index in [1.807, 2.05) is 53.7 Å². The summed E-state index contributed by atoms with van der Waals surface area (Å²) in [6, 6.07) is 46.7. The molecule has 0 fully saturated rings. The maximum absolute atomic E-state index is 15.2. The summed E-state index contributed by atoms with van der Waals surface area (Å²) in [5.41, 5.74) is 69.5. The van der Waals surface area contributed by atoms with Gasteiger partial charge in [-0.05, 0) is 216 Å². The first kappa shape index (κ1) is 79.9. The Balaban J connectivity index is 0.964. The highest BCUT2D eigenvalue weighted by Crippen LogP contribution is 2.35. The minimum atomic E-state index is -0.938. The molecule has 0 heterocycles. The predicted octanol–water partition coefficient (Wildman–Crippen LogP) is 12.2. The van der Waals surface area contributed by atoms with Crippen LogP contribution in [0.15, 0.2) is 200 Å². The number of benzene rings is 11. The van der Waals surface area contributed by atoms with E-state index in [0.717, 1.165) is 11.1 Å². The van der Waals surface area contributed by atoms with Crippen molar-refractivity contribution >= 4 is 179 Å². The molecule has 0 aliphatic rings. The number of hydrogen-bond donors (Lipinski definition) is 21. The third-order valence-electron chi connectivity index (χ3n) is 17.4. The van der Waals surface area contributed by atoms with E-state index < -0.39 is 59.1 Å². The summed E-state index contributed by atoms with van der Waals surface area (Å²) in [6.45, 7) is 12.2. The lowest BCUT2D eigenvalue weighted by Gasteiger charge is -2.26. The van der Waals surface area contributed by atoms with E-state index in [1.54, 1.807) is 0 Å². The molecule has 11 aromatic carbocycles. The molecule has 0 atom stereocenters. The molecule has 0 spiro atoms. The van der Waals surface area contributed by atoms with Gasteiger partial charge < -0.3 is 116 Å². The number of amides is 10. The van der Waals surface area contributed by atoms with Crippen molar-refractivity contribution in [3.8, 4) is 0 Å². The first-order valence-corrected chi connectivity index (χ1v) is 35.3. The summed E-state index contributed by atoms with van der Waals surface area (Å²) in [5, 5.41) is 27.6. The third kappa shape index (κ3) is 20.8. The molecule has 10 amide bonds. The van der Waals surface area contributed by atoms with E-state index in [2.05, 4.69) is 59.2 Å². The Morgan fingerprint density at radius 1 is 0.165 bits per heavy atom. The summed E-state index contributed by atoms with van der Waals surface area (Å²) in [7, 11) is 0. The topological polar surface area (TPSA) is 577 Å². The fourth-order valence-corrected chi connectivity index (χ4v) is 12.1. The van der Waals surface area contributed by atoms with Gasteiger partial charge in [0.05, 0.1) is 0 Å². The van der Waals surface area contributed by atoms with Crippen molar-refractivity contribution in [3.05, 3.63) is 267 Å². The molecule has 11 rings (SSSR count). The fraction of sp³-hybridized carbons (Fsp3) is 0.0952. The van der Waals surface area contributed by atoms with Crippen LogP contribution in [0.1, 0.15) is 156 Å². The first-order valence-electron chi connectivity index (χ1n) is 35.3. The van der Waals surface area contributed by atoms with Crippen molar-refractivity contribution in [1.29, 1.82) is 0 Å². The fourth-order valence-electron chi connectivity index (χ4n) is 12.1. The standard InChI is InChI=1S/C84H83N21O10/c1-83(2,3)50-27-51(84(4,5)6)29-72(28-50)105-82(115)49-25-69(102-79(112)46-17-62(95)36-65(20-46)98-75(108)42-11-56(89)32-57(90)12-42)39-71(26-49)104-81(114)48-23-68(101-78(111)45-16-61(94)35-64(19-45)97-74(107)41-9-54(87)31-55(88)10-41)38-70(24-48)103-80(113)47-21-66(99-76(109)43-13-58(91)33-59(92)14-43)37-67(22-47)100-77(110)44-15-60(93)34-63(18-44)96-73(106)40-7-52(85)30-53(86)8-40/h7-39H,85-95H2,1-6H3,(H,96,106)(H,97,107)(H,98,108)(H,99,109)(H,100,110)(H,101,111)(H,102,112)(H,103,113)(H,104,114)(H,105,115). The van der Waals surface area contributed by atoms with Crippen LogP contribution in [0.5, 0.6) is 0 Å². The first-order chi connectivity index (χ1) is 54.1. The molecule has 0 bridgehead atoms. The maximum atomic E-state index is 15.2. The van der Waals surface area contributed by atoms with Crippen LogP contribution in [0.25, 0.3) is 0 Å². The molecule has 0 aliphatic carbocycles. The lowest BCUT2D eigenvalue weighted by atomic mass is 9.80. The van der Waals surface area contributed by atoms with Crippen molar-refractivity contribution in [2.45, 2.75) is 52.4 Å². The van der Waals surface area contributed by atoms with Crippen molar-refractivity contribution in [3.63, 3.8) is 0 Å². The Morgan fingerprint density at radius 2 is 0.287 bits per heavy atom. The Morgan fingerprint density at radius 3 is 0.443 bits per heavy atom. The van der Waals surface area contributed by atoms with Gasteiger partial charge in [-0.2, -0.15) is 0 Å². The number of nitrogens with two attached hydrogens (primary N) is 11. The highest BCUT2D eigenvalue weighted by atomic mass is 16.2. The molecule has 115 heavy (non-hydrogen) atoms. The summed E-state index contributed by atoms with van der Waals surface area (Å²) >= 11 is 0. The molecule has 0 radical (unpaired) electrons. The molecule has 0 aromatic heterocycles. The highest BCUT2D eigenvalue weighted by molar-refractivity contribution is 6.16. The molecule has 0 aliphatic heterocycles. The van der Waals surface area contributed by atoms with Crippen molar-refractivity contribution < 1.29 is 47.9 Å². The maximum Gasteiger partial charge on any atom is 0.255 e. The average molecular weight is 1550 g/mol. The van der Waals surface area contributed by atoms with Crippen LogP contribution in [0.4, 0.5) is 119 Å². The van der Waals surface area contributed by atoms with E-state index in [-0.39, 0.29) is 180 Å². The van der Waals surface area contributed by atoms with E-state index in [1.165, 1.54) is 182 Å². The highest BCUT2D eigenvalue weighted by Gasteiger charge is 2.26. The number of rotatable bonds is 20. The minimum Gasteiger partial charge on any atom is -0.399 e. The van der Waals surface area contributed by atoms with Gasteiger partial charge >= 0.3 is 0 Å². The summed E-state index contributed by atoms with van der Waals surface area (Å²) in [4.78, 5) is 143. The second-order valence-corrected chi connectivity index (χ2v) is 29.3. The van der Waals surface area contributed by atoms with Crippen LogP contribution in [0, 0.1) is 0 Å². The number of anilines is 21. The van der Waals surface area contributed by atoms with Crippen LogP contribution >= 0.6 is 0 Å². The molecule has 584 valence electrons. The van der Waals surface area contributed by atoms with Gasteiger partial charge in [0.1, 0.15) is 0 Å². The Labute approximate surface area is 658 Å². The molecule has 0 saturated carbocycles. The second kappa shape index (κ2) is 32.6. The Bertz CT molecular complexity index is 5760. The average Bonchev–Trinajstić information content (AvgIpc) is 0.803. The number of hydrogen-bond acceptors (Lipinski definition) is 21. The second-order valence-electron chi connectivity index (χ2n) is 29.3.